The summed E-state index contributed by atoms with van der Waals surface area (Å²) in [6.07, 6.45) is 4.72. The molecule has 0 unspecified atom stereocenters. The fourth-order valence-corrected chi connectivity index (χ4v) is 3.00. The number of hydrogen-bond donors (Lipinski definition) is 0. The first-order valence-corrected chi connectivity index (χ1v) is 8.50. The molecule has 1 fully saturated rings. The van der Waals surface area contributed by atoms with Gasteiger partial charge in [-0.1, -0.05) is 0 Å². The molecular weight excluding hydrogens is 318 g/mol. The van der Waals surface area contributed by atoms with Crippen LogP contribution >= 0.6 is 0 Å². The predicted octanol–water partition coefficient (Wildman–Crippen LogP) is 2.79. The molecule has 3 rings (SSSR count). The van der Waals surface area contributed by atoms with Crippen LogP contribution in [0.4, 0.5) is 5.82 Å². The molecule has 0 atom stereocenters. The zero-order chi connectivity index (χ0) is 17.5. The Balaban J connectivity index is 1.41. The van der Waals surface area contributed by atoms with Crippen LogP contribution in [0.25, 0.3) is 0 Å². The Morgan fingerprint density at radius 2 is 1.76 bits per heavy atom. The molecule has 0 bridgehead atoms. The van der Waals surface area contributed by atoms with Gasteiger partial charge in [0.2, 0.25) is 0 Å². The van der Waals surface area contributed by atoms with Crippen molar-refractivity contribution >= 4 is 18.4 Å². The lowest BCUT2D eigenvalue weighted by atomic mass is 9.94. The van der Waals surface area contributed by atoms with Crippen molar-refractivity contribution in [2.75, 3.05) is 24.6 Å². The average molecular weight is 339 g/mol. The Hall–Kier alpha value is -2.76. The molecule has 6 nitrogen and oxygen atoms in total. The first-order chi connectivity index (χ1) is 12.3. The first-order valence-electron chi connectivity index (χ1n) is 8.50. The number of ether oxygens (including phenoxy) is 1. The number of carbonyl (C=O) groups excluding carboxylic acids is 2. The molecule has 1 aliphatic rings. The van der Waals surface area contributed by atoms with Crippen molar-refractivity contribution in [2.24, 2.45) is 5.92 Å². The molecule has 0 radical (unpaired) electrons. The lowest BCUT2D eigenvalue weighted by Crippen LogP contribution is -2.34. The number of piperidine rings is 1. The number of rotatable bonds is 7. The van der Waals surface area contributed by atoms with E-state index in [1.807, 2.05) is 18.2 Å². The summed E-state index contributed by atoms with van der Waals surface area (Å²) in [6.45, 7) is 2.56. The van der Waals surface area contributed by atoms with Crippen LogP contribution < -0.4 is 9.64 Å². The van der Waals surface area contributed by atoms with Crippen LogP contribution in [0.15, 0.2) is 36.4 Å². The minimum absolute atomic E-state index is 0.358. The highest BCUT2D eigenvalue weighted by Gasteiger charge is 2.20. The molecule has 0 spiro atoms. The summed E-state index contributed by atoms with van der Waals surface area (Å²) in [5.41, 5.74) is 1.01. The van der Waals surface area contributed by atoms with Crippen molar-refractivity contribution in [1.29, 1.82) is 0 Å². The number of aldehydes is 2. The normalized spacial score (nSPS) is 15.0. The number of hydrogen-bond acceptors (Lipinski definition) is 6. The molecule has 0 amide bonds. The summed E-state index contributed by atoms with van der Waals surface area (Å²) in [7, 11) is 0. The maximum Gasteiger partial charge on any atom is 0.170 e. The standard InChI is InChI=1S/C19H21N3O3/c23-13-16-1-4-18(5-2-16)25-12-9-15-7-10-22(11-8-15)19-6-3-17(14-24)20-21-19/h1-6,13-15H,7-12H2. The van der Waals surface area contributed by atoms with E-state index in [4.69, 9.17) is 4.74 Å². The van der Waals surface area contributed by atoms with Crippen molar-refractivity contribution < 1.29 is 14.3 Å². The molecule has 0 N–H and O–H groups in total. The summed E-state index contributed by atoms with van der Waals surface area (Å²) < 4.78 is 5.76. The smallest absolute Gasteiger partial charge is 0.170 e. The number of benzene rings is 1. The van der Waals surface area contributed by atoms with E-state index >= 15 is 0 Å². The van der Waals surface area contributed by atoms with E-state index in [1.165, 1.54) is 0 Å². The van der Waals surface area contributed by atoms with Gasteiger partial charge in [-0.2, -0.15) is 0 Å². The molecule has 1 aliphatic heterocycles. The Kier molecular flexibility index (Phi) is 5.72. The van der Waals surface area contributed by atoms with E-state index in [1.54, 1.807) is 18.2 Å². The fourth-order valence-electron chi connectivity index (χ4n) is 3.00. The zero-order valence-corrected chi connectivity index (χ0v) is 14.0. The van der Waals surface area contributed by atoms with E-state index in [9.17, 15) is 9.59 Å². The van der Waals surface area contributed by atoms with E-state index in [0.29, 0.717) is 30.1 Å². The topological polar surface area (TPSA) is 72.4 Å². The Bertz CT molecular complexity index is 690. The second-order valence-electron chi connectivity index (χ2n) is 6.19. The van der Waals surface area contributed by atoms with Gasteiger partial charge in [-0.15, -0.1) is 10.2 Å². The highest BCUT2D eigenvalue weighted by Crippen LogP contribution is 2.24. The predicted molar refractivity (Wildman–Crippen MR) is 94.3 cm³/mol. The van der Waals surface area contributed by atoms with Gasteiger partial charge in [-0.3, -0.25) is 9.59 Å². The SMILES string of the molecule is O=Cc1ccc(OCCC2CCN(c3ccc(C=O)nn3)CC2)cc1. The van der Waals surface area contributed by atoms with E-state index < -0.39 is 0 Å². The van der Waals surface area contributed by atoms with Gasteiger partial charge in [0.05, 0.1) is 6.61 Å². The monoisotopic (exact) mass is 339 g/mol. The molecule has 130 valence electrons. The molecule has 6 heteroatoms. The number of aromatic nitrogens is 2. The third-order valence-corrected chi connectivity index (χ3v) is 4.54. The Morgan fingerprint density at radius 3 is 2.36 bits per heavy atom. The summed E-state index contributed by atoms with van der Waals surface area (Å²) in [6, 6.07) is 10.7. The van der Waals surface area contributed by atoms with Crippen LogP contribution in [0.3, 0.4) is 0 Å². The van der Waals surface area contributed by atoms with Crippen LogP contribution in [0.1, 0.15) is 40.1 Å². The summed E-state index contributed by atoms with van der Waals surface area (Å²) in [4.78, 5) is 23.5. The van der Waals surface area contributed by atoms with Crippen LogP contribution in [-0.4, -0.2) is 42.5 Å². The number of anilines is 1. The van der Waals surface area contributed by atoms with Crippen molar-refractivity contribution in [1.82, 2.24) is 10.2 Å². The number of nitrogens with zero attached hydrogens (tertiary/aromatic N) is 3. The van der Waals surface area contributed by atoms with Crippen LogP contribution in [0.2, 0.25) is 0 Å². The summed E-state index contributed by atoms with van der Waals surface area (Å²) in [5.74, 6) is 2.26. The molecule has 0 aliphatic carbocycles. The van der Waals surface area contributed by atoms with Gasteiger partial charge in [0.15, 0.2) is 12.1 Å². The molecule has 1 aromatic carbocycles. The molecule has 25 heavy (non-hydrogen) atoms. The van der Waals surface area contributed by atoms with Gasteiger partial charge < -0.3 is 9.64 Å². The van der Waals surface area contributed by atoms with E-state index in [0.717, 1.165) is 50.2 Å². The number of carbonyl (C=O) groups is 2. The van der Waals surface area contributed by atoms with Crippen LogP contribution in [-0.2, 0) is 0 Å². The molecule has 2 aromatic rings. The van der Waals surface area contributed by atoms with Crippen molar-refractivity contribution in [3.8, 4) is 5.75 Å². The maximum absolute atomic E-state index is 10.6. The Morgan fingerprint density at radius 1 is 1.00 bits per heavy atom. The van der Waals surface area contributed by atoms with Crippen LogP contribution in [0.5, 0.6) is 5.75 Å². The van der Waals surface area contributed by atoms with Gasteiger partial charge in [0.25, 0.3) is 0 Å². The quantitative estimate of drug-likeness (QED) is 0.722. The van der Waals surface area contributed by atoms with Gasteiger partial charge >= 0.3 is 0 Å². The minimum atomic E-state index is 0.358. The second-order valence-corrected chi connectivity index (χ2v) is 6.19. The van der Waals surface area contributed by atoms with Gasteiger partial charge in [0.1, 0.15) is 17.7 Å². The minimum Gasteiger partial charge on any atom is -0.494 e. The summed E-state index contributed by atoms with van der Waals surface area (Å²) >= 11 is 0. The van der Waals surface area contributed by atoms with Gasteiger partial charge in [-0.25, -0.2) is 0 Å². The average Bonchev–Trinajstić information content (AvgIpc) is 2.69. The van der Waals surface area contributed by atoms with Crippen molar-refractivity contribution in [3.05, 3.63) is 47.7 Å². The lowest BCUT2D eigenvalue weighted by Gasteiger charge is -2.32. The fraction of sp³-hybridized carbons (Fsp3) is 0.368. The van der Waals surface area contributed by atoms with Crippen molar-refractivity contribution in [2.45, 2.75) is 19.3 Å². The van der Waals surface area contributed by atoms with Gasteiger partial charge in [0, 0.05) is 18.7 Å². The summed E-state index contributed by atoms with van der Waals surface area (Å²) in [5, 5.41) is 7.99. The maximum atomic E-state index is 10.6. The molecule has 1 aromatic heterocycles. The Labute approximate surface area is 146 Å². The van der Waals surface area contributed by atoms with E-state index in [2.05, 4.69) is 15.1 Å². The highest BCUT2D eigenvalue weighted by atomic mass is 16.5. The highest BCUT2D eigenvalue weighted by molar-refractivity contribution is 5.74. The third-order valence-electron chi connectivity index (χ3n) is 4.54. The van der Waals surface area contributed by atoms with Crippen molar-refractivity contribution in [3.63, 3.8) is 0 Å². The van der Waals surface area contributed by atoms with E-state index in [-0.39, 0.29) is 0 Å². The molecule has 0 saturated carbocycles. The molecule has 1 saturated heterocycles. The first kappa shape index (κ1) is 17.1. The van der Waals surface area contributed by atoms with Crippen LogP contribution in [0, 0.1) is 5.92 Å². The largest absolute Gasteiger partial charge is 0.494 e. The third kappa shape index (κ3) is 4.62. The zero-order valence-electron chi connectivity index (χ0n) is 14.0. The molecule has 2 heterocycles. The van der Waals surface area contributed by atoms with Gasteiger partial charge in [-0.05, 0) is 61.6 Å². The molecular formula is C19H21N3O3. The lowest BCUT2D eigenvalue weighted by molar-refractivity contribution is 0.111. The second kappa shape index (κ2) is 8.37.